The van der Waals surface area contributed by atoms with Crippen LogP contribution in [0.5, 0.6) is 5.75 Å². The van der Waals surface area contributed by atoms with E-state index in [9.17, 15) is 18.0 Å². The molecule has 4 N–H and O–H groups in total. The van der Waals surface area contributed by atoms with E-state index in [1.54, 1.807) is 0 Å². The fourth-order valence-electron chi connectivity index (χ4n) is 2.30. The molecule has 0 atom stereocenters. The third kappa shape index (κ3) is 4.07. The van der Waals surface area contributed by atoms with Crippen LogP contribution in [-0.2, 0) is 6.18 Å². The highest BCUT2D eigenvalue weighted by atomic mass is 19.4. The molecule has 1 heterocycles. The zero-order valence-corrected chi connectivity index (χ0v) is 14.6. The van der Waals surface area contributed by atoms with Crippen molar-refractivity contribution in [1.29, 1.82) is 5.41 Å². The second-order valence-corrected chi connectivity index (χ2v) is 5.98. The molecule has 0 aliphatic heterocycles. The Morgan fingerprint density at radius 2 is 1.96 bits per heavy atom. The van der Waals surface area contributed by atoms with E-state index in [0.29, 0.717) is 6.54 Å². The summed E-state index contributed by atoms with van der Waals surface area (Å²) in [7, 11) is 4.94. The zero-order chi connectivity index (χ0) is 19.6. The number of ether oxygens (including phenoxy) is 1. The molecule has 0 spiro atoms. The number of carbonyl (C=O) groups excluding carboxylic acids is 1. The first-order valence-corrected chi connectivity index (χ1v) is 7.65. The van der Waals surface area contributed by atoms with Gasteiger partial charge in [0.15, 0.2) is 5.96 Å². The summed E-state index contributed by atoms with van der Waals surface area (Å²) in [6.45, 7) is 0.838. The Labute approximate surface area is 148 Å². The normalized spacial score (nSPS) is 11.8. The molecule has 2 rings (SSSR count). The summed E-state index contributed by atoms with van der Waals surface area (Å²) in [5.74, 6) is -1.03. The van der Waals surface area contributed by atoms with E-state index in [0.717, 1.165) is 17.0 Å². The second kappa shape index (κ2) is 7.24. The molecule has 0 radical (unpaired) electrons. The molecule has 0 saturated carbocycles. The monoisotopic (exact) mass is 371 g/mol. The number of likely N-dealkylation sites (N-methyl/N-ethyl adjacent to an activating group) is 1. The summed E-state index contributed by atoms with van der Waals surface area (Å²) >= 11 is 0. The molecule has 0 unspecified atom stereocenters. The molecule has 1 aromatic carbocycles. The highest BCUT2D eigenvalue weighted by Crippen LogP contribution is 2.38. The third-order valence-electron chi connectivity index (χ3n) is 3.75. The number of benzene rings is 1. The molecule has 2 aromatic rings. The van der Waals surface area contributed by atoms with Gasteiger partial charge in [0.05, 0.1) is 11.1 Å². The first-order valence-electron chi connectivity index (χ1n) is 7.65. The van der Waals surface area contributed by atoms with E-state index in [4.69, 9.17) is 15.9 Å². The quantitative estimate of drug-likeness (QED) is 0.554. The van der Waals surface area contributed by atoms with Gasteiger partial charge in [0, 0.05) is 19.0 Å². The highest BCUT2D eigenvalue weighted by Gasteiger charge is 2.34. The molecule has 0 aliphatic rings. The smallest absolute Gasteiger partial charge is 0.417 e. The molecule has 0 saturated heterocycles. The summed E-state index contributed by atoms with van der Waals surface area (Å²) in [5.41, 5.74) is 4.33. The number of amides is 1. The molecule has 142 valence electrons. The average Bonchev–Trinajstić information content (AvgIpc) is 2.97. The van der Waals surface area contributed by atoms with Gasteiger partial charge in [-0.2, -0.15) is 13.2 Å². The zero-order valence-electron chi connectivity index (χ0n) is 14.6. The number of nitrogens with one attached hydrogen (secondary N) is 2. The fraction of sp³-hybridized carbons (Fsp3) is 0.375. The number of hydrogen-bond acceptors (Lipinski definition) is 4. The summed E-state index contributed by atoms with van der Waals surface area (Å²) in [4.78, 5) is 17.6. The Morgan fingerprint density at radius 3 is 2.50 bits per heavy atom. The lowest BCUT2D eigenvalue weighted by Crippen LogP contribution is -2.38. The van der Waals surface area contributed by atoms with Crippen molar-refractivity contribution in [2.75, 3.05) is 34.3 Å². The second-order valence-electron chi connectivity index (χ2n) is 5.98. The Kier molecular flexibility index (Phi) is 5.45. The van der Waals surface area contributed by atoms with Crippen molar-refractivity contribution in [1.82, 2.24) is 14.8 Å². The van der Waals surface area contributed by atoms with Crippen LogP contribution in [0.3, 0.4) is 0 Å². The van der Waals surface area contributed by atoms with Gasteiger partial charge in [-0.25, -0.2) is 0 Å². The lowest BCUT2D eigenvalue weighted by molar-refractivity contribution is -0.136. The van der Waals surface area contributed by atoms with Crippen LogP contribution in [0.2, 0.25) is 0 Å². The Hall–Kier alpha value is -2.75. The number of carbonyl (C=O) groups is 1. The van der Waals surface area contributed by atoms with Crippen LogP contribution in [0.25, 0.3) is 10.9 Å². The number of aromatic amines is 1. The molecule has 7 nitrogen and oxygen atoms in total. The third-order valence-corrected chi connectivity index (χ3v) is 3.75. The number of halogens is 3. The molecule has 26 heavy (non-hydrogen) atoms. The largest absolute Gasteiger partial charge is 0.490 e. The van der Waals surface area contributed by atoms with Crippen molar-refractivity contribution in [3.63, 3.8) is 0 Å². The van der Waals surface area contributed by atoms with E-state index in [1.807, 2.05) is 19.0 Å². The molecular formula is C16H20F3N5O2. The van der Waals surface area contributed by atoms with Gasteiger partial charge in [0.25, 0.3) is 5.91 Å². The highest BCUT2D eigenvalue weighted by molar-refractivity contribution is 6.06. The Bertz CT molecular complexity index is 829. The number of hydrogen-bond donors (Lipinski definition) is 3. The van der Waals surface area contributed by atoms with Crippen molar-refractivity contribution in [2.24, 2.45) is 5.73 Å². The van der Waals surface area contributed by atoms with Crippen LogP contribution >= 0.6 is 0 Å². The minimum atomic E-state index is -4.59. The molecular weight excluding hydrogens is 351 g/mol. The number of aromatic nitrogens is 1. The molecule has 1 aromatic heterocycles. The summed E-state index contributed by atoms with van der Waals surface area (Å²) in [5, 5.41) is 7.11. The van der Waals surface area contributed by atoms with Crippen LogP contribution < -0.4 is 10.5 Å². The number of H-pyrrole nitrogens is 1. The van der Waals surface area contributed by atoms with Gasteiger partial charge < -0.3 is 20.4 Å². The summed E-state index contributed by atoms with van der Waals surface area (Å²) < 4.78 is 45.4. The van der Waals surface area contributed by atoms with Crippen LogP contribution in [-0.4, -0.2) is 60.9 Å². The van der Waals surface area contributed by atoms with Gasteiger partial charge in [-0.05, 0) is 32.3 Å². The number of guanidine groups is 1. The van der Waals surface area contributed by atoms with Gasteiger partial charge >= 0.3 is 6.18 Å². The minimum absolute atomic E-state index is 0.0684. The van der Waals surface area contributed by atoms with Crippen molar-refractivity contribution in [3.8, 4) is 5.75 Å². The van der Waals surface area contributed by atoms with Crippen LogP contribution in [0.15, 0.2) is 18.2 Å². The Balaban J connectivity index is 2.52. The predicted octanol–water partition coefficient (Wildman–Crippen LogP) is 2.09. The van der Waals surface area contributed by atoms with Crippen LogP contribution in [0.4, 0.5) is 13.2 Å². The van der Waals surface area contributed by atoms with E-state index in [2.05, 4.69) is 4.98 Å². The van der Waals surface area contributed by atoms with Gasteiger partial charge in [-0.15, -0.1) is 0 Å². The van der Waals surface area contributed by atoms with Crippen molar-refractivity contribution in [2.45, 2.75) is 6.18 Å². The van der Waals surface area contributed by atoms with Gasteiger partial charge in [-0.1, -0.05) is 0 Å². The van der Waals surface area contributed by atoms with E-state index in [1.165, 1.54) is 13.1 Å². The maximum absolute atomic E-state index is 13.3. The SMILES string of the molecule is CN(C)CCOc1ccc(C(F)(F)F)c2cc(C(=O)N(C)C(=N)N)[nH]c12. The van der Waals surface area contributed by atoms with Gasteiger partial charge in [0.2, 0.25) is 0 Å². The van der Waals surface area contributed by atoms with E-state index < -0.39 is 23.6 Å². The summed E-state index contributed by atoms with van der Waals surface area (Å²) in [6.07, 6.45) is -4.59. The number of rotatable bonds is 5. The standard InChI is InChI=1S/C16H20F3N5O2/c1-23(2)6-7-26-12-5-4-10(16(17,18)19)9-8-11(22-13(9)12)14(25)24(3)15(20)21/h4-5,8,22H,6-7H2,1-3H3,(H3,20,21). The fourth-order valence-corrected chi connectivity index (χ4v) is 2.30. The summed E-state index contributed by atoms with van der Waals surface area (Å²) in [6, 6.07) is 3.24. The number of nitrogens with zero attached hydrogens (tertiary/aromatic N) is 2. The van der Waals surface area contributed by atoms with E-state index in [-0.39, 0.29) is 29.0 Å². The lowest BCUT2D eigenvalue weighted by Gasteiger charge is -2.14. The lowest BCUT2D eigenvalue weighted by atomic mass is 10.1. The molecule has 0 fully saturated rings. The number of fused-ring (bicyclic) bond motifs is 1. The first-order chi connectivity index (χ1) is 12.0. The van der Waals surface area contributed by atoms with Gasteiger partial charge in [0.1, 0.15) is 18.1 Å². The van der Waals surface area contributed by atoms with Crippen molar-refractivity contribution >= 4 is 22.8 Å². The maximum atomic E-state index is 13.3. The first kappa shape index (κ1) is 19.6. The van der Waals surface area contributed by atoms with Crippen molar-refractivity contribution < 1.29 is 22.7 Å². The Morgan fingerprint density at radius 1 is 1.31 bits per heavy atom. The number of alkyl halides is 3. The predicted molar refractivity (Wildman–Crippen MR) is 91.4 cm³/mol. The maximum Gasteiger partial charge on any atom is 0.417 e. The minimum Gasteiger partial charge on any atom is -0.490 e. The topological polar surface area (TPSA) is 98.4 Å². The molecule has 0 bridgehead atoms. The van der Waals surface area contributed by atoms with E-state index >= 15 is 0 Å². The molecule has 0 aliphatic carbocycles. The molecule has 1 amide bonds. The molecule has 10 heteroatoms. The van der Waals surface area contributed by atoms with Gasteiger partial charge in [-0.3, -0.25) is 15.1 Å². The van der Waals surface area contributed by atoms with Crippen LogP contribution in [0, 0.1) is 5.41 Å². The van der Waals surface area contributed by atoms with Crippen LogP contribution in [0.1, 0.15) is 16.1 Å². The van der Waals surface area contributed by atoms with Crippen molar-refractivity contribution in [3.05, 3.63) is 29.5 Å². The number of nitrogens with two attached hydrogens (primary N) is 1. The average molecular weight is 371 g/mol.